The Morgan fingerprint density at radius 2 is 2.00 bits per heavy atom. The molecule has 1 aromatic carbocycles. The summed E-state index contributed by atoms with van der Waals surface area (Å²) in [7, 11) is -1.46. The molecule has 0 radical (unpaired) electrons. The highest BCUT2D eigenvalue weighted by atomic mass is 32.2. The van der Waals surface area contributed by atoms with Gasteiger partial charge in [0, 0.05) is 10.9 Å². The lowest BCUT2D eigenvalue weighted by atomic mass is 10.2. The van der Waals surface area contributed by atoms with Crippen molar-refractivity contribution in [3.05, 3.63) is 29.8 Å². The third-order valence-electron chi connectivity index (χ3n) is 3.17. The monoisotopic (exact) mass is 277 g/mol. The summed E-state index contributed by atoms with van der Waals surface area (Å²) in [4.78, 5) is 0.215. The summed E-state index contributed by atoms with van der Waals surface area (Å²) < 4.78 is 49.9. The molecule has 0 saturated heterocycles. The van der Waals surface area contributed by atoms with Gasteiger partial charge in [0.2, 0.25) is 0 Å². The molecular weight excluding hydrogens is 263 g/mol. The summed E-state index contributed by atoms with van der Waals surface area (Å²) in [5, 5.41) is -0.228. The molecule has 0 amide bonds. The first-order valence-corrected chi connectivity index (χ1v) is 6.94. The first-order valence-electron chi connectivity index (χ1n) is 5.73. The summed E-state index contributed by atoms with van der Waals surface area (Å²) in [6, 6.07) is 4.52. The highest BCUT2D eigenvalue weighted by molar-refractivity contribution is 7.85. The summed E-state index contributed by atoms with van der Waals surface area (Å²) in [6.45, 7) is 0. The minimum Gasteiger partial charge on any atom is -0.327 e. The highest BCUT2D eigenvalue weighted by Crippen LogP contribution is 2.32. The van der Waals surface area contributed by atoms with Crippen LogP contribution in [0.15, 0.2) is 29.2 Å². The predicted octanol–water partition coefficient (Wildman–Crippen LogP) is 2.69. The van der Waals surface area contributed by atoms with E-state index in [9.17, 15) is 17.4 Å². The van der Waals surface area contributed by atoms with Crippen molar-refractivity contribution in [3.8, 4) is 0 Å². The van der Waals surface area contributed by atoms with Crippen LogP contribution < -0.4 is 5.73 Å². The fourth-order valence-electron chi connectivity index (χ4n) is 2.19. The lowest BCUT2D eigenvalue weighted by Gasteiger charge is -2.16. The number of halogens is 3. The van der Waals surface area contributed by atoms with Crippen molar-refractivity contribution >= 4 is 10.8 Å². The Bertz CT molecular complexity index is 461. The van der Waals surface area contributed by atoms with Gasteiger partial charge in [0.1, 0.15) is 0 Å². The maximum atomic E-state index is 12.6. The molecule has 3 atom stereocenters. The molecule has 1 aliphatic rings. The second kappa shape index (κ2) is 5.01. The third kappa shape index (κ3) is 2.75. The van der Waals surface area contributed by atoms with Crippen LogP contribution in [0.3, 0.4) is 0 Å². The van der Waals surface area contributed by atoms with Gasteiger partial charge in [-0.1, -0.05) is 12.5 Å². The zero-order valence-electron chi connectivity index (χ0n) is 9.61. The van der Waals surface area contributed by atoms with Crippen LogP contribution in [-0.4, -0.2) is 15.5 Å². The molecule has 6 heteroatoms. The van der Waals surface area contributed by atoms with Crippen molar-refractivity contribution in [2.24, 2.45) is 5.73 Å². The molecule has 0 spiro atoms. The Balaban J connectivity index is 2.26. The van der Waals surface area contributed by atoms with E-state index in [1.54, 1.807) is 0 Å². The molecule has 1 saturated carbocycles. The zero-order valence-corrected chi connectivity index (χ0v) is 10.4. The summed E-state index contributed by atoms with van der Waals surface area (Å²) in [5.74, 6) is 0. The van der Waals surface area contributed by atoms with Crippen LogP contribution in [0.1, 0.15) is 24.8 Å². The molecule has 2 rings (SSSR count). The van der Waals surface area contributed by atoms with E-state index >= 15 is 0 Å². The average molecular weight is 277 g/mol. The van der Waals surface area contributed by atoms with Crippen molar-refractivity contribution in [3.63, 3.8) is 0 Å². The van der Waals surface area contributed by atoms with Crippen LogP contribution in [0.2, 0.25) is 0 Å². The van der Waals surface area contributed by atoms with Gasteiger partial charge in [-0.2, -0.15) is 13.2 Å². The van der Waals surface area contributed by atoms with E-state index in [-0.39, 0.29) is 16.2 Å². The SMILES string of the molecule is NC1CCCC1S(=O)c1cccc(C(F)(F)F)c1. The van der Waals surface area contributed by atoms with Gasteiger partial charge in [-0.3, -0.25) is 4.21 Å². The Labute approximate surface area is 106 Å². The lowest BCUT2D eigenvalue weighted by molar-refractivity contribution is -0.137. The second-order valence-electron chi connectivity index (χ2n) is 4.46. The van der Waals surface area contributed by atoms with E-state index < -0.39 is 22.5 Å². The van der Waals surface area contributed by atoms with Gasteiger partial charge >= 0.3 is 6.18 Å². The van der Waals surface area contributed by atoms with Crippen LogP contribution in [-0.2, 0) is 17.0 Å². The Morgan fingerprint density at radius 1 is 1.28 bits per heavy atom. The summed E-state index contributed by atoms with van der Waals surface area (Å²) in [6.07, 6.45) is -2.02. The van der Waals surface area contributed by atoms with Crippen molar-refractivity contribution < 1.29 is 17.4 Å². The van der Waals surface area contributed by atoms with E-state index in [1.165, 1.54) is 12.1 Å². The van der Waals surface area contributed by atoms with Crippen LogP contribution in [0.4, 0.5) is 13.2 Å². The van der Waals surface area contributed by atoms with E-state index in [0.717, 1.165) is 25.0 Å². The van der Waals surface area contributed by atoms with Crippen LogP contribution >= 0.6 is 0 Å². The van der Waals surface area contributed by atoms with E-state index in [0.29, 0.717) is 6.42 Å². The fourth-order valence-corrected chi connectivity index (χ4v) is 3.83. The van der Waals surface area contributed by atoms with Crippen molar-refractivity contribution in [1.82, 2.24) is 0 Å². The molecule has 0 bridgehead atoms. The number of hydrogen-bond donors (Lipinski definition) is 1. The van der Waals surface area contributed by atoms with Crippen LogP contribution in [0.5, 0.6) is 0 Å². The summed E-state index contributed by atoms with van der Waals surface area (Å²) in [5.41, 5.74) is 5.06. The molecule has 18 heavy (non-hydrogen) atoms. The minimum atomic E-state index is -4.40. The van der Waals surface area contributed by atoms with Crippen molar-refractivity contribution in [1.29, 1.82) is 0 Å². The number of alkyl halides is 3. The maximum absolute atomic E-state index is 12.6. The second-order valence-corrected chi connectivity index (χ2v) is 6.13. The molecule has 2 N–H and O–H groups in total. The quantitative estimate of drug-likeness (QED) is 0.903. The van der Waals surface area contributed by atoms with Crippen LogP contribution in [0.25, 0.3) is 0 Å². The smallest absolute Gasteiger partial charge is 0.327 e. The number of nitrogens with two attached hydrogens (primary N) is 1. The van der Waals surface area contributed by atoms with Gasteiger partial charge < -0.3 is 5.73 Å². The predicted molar refractivity (Wildman–Crippen MR) is 63.5 cm³/mol. The largest absolute Gasteiger partial charge is 0.416 e. The highest BCUT2D eigenvalue weighted by Gasteiger charge is 2.33. The first-order chi connectivity index (χ1) is 8.39. The molecule has 1 aliphatic carbocycles. The van der Waals surface area contributed by atoms with Crippen LogP contribution in [0, 0.1) is 0 Å². The normalized spacial score (nSPS) is 26.2. The Morgan fingerprint density at radius 3 is 2.56 bits per heavy atom. The number of hydrogen-bond acceptors (Lipinski definition) is 2. The molecule has 2 nitrogen and oxygen atoms in total. The van der Waals surface area contributed by atoms with E-state index in [1.807, 2.05) is 0 Å². The molecule has 1 aromatic rings. The van der Waals surface area contributed by atoms with Crippen molar-refractivity contribution in [2.45, 2.75) is 41.6 Å². The fraction of sp³-hybridized carbons (Fsp3) is 0.500. The number of benzene rings is 1. The lowest BCUT2D eigenvalue weighted by Crippen LogP contribution is -2.32. The molecule has 3 unspecified atom stereocenters. The molecule has 0 aromatic heterocycles. The van der Waals surface area contributed by atoms with Crippen molar-refractivity contribution in [2.75, 3.05) is 0 Å². The molecule has 100 valence electrons. The average Bonchev–Trinajstić information content (AvgIpc) is 2.73. The van der Waals surface area contributed by atoms with Gasteiger partial charge in [0.25, 0.3) is 0 Å². The maximum Gasteiger partial charge on any atom is 0.416 e. The Hall–Kier alpha value is -0.880. The molecule has 0 heterocycles. The molecular formula is C12H14F3NOS. The third-order valence-corrected chi connectivity index (χ3v) is 5.03. The molecule has 1 fully saturated rings. The molecule has 0 aliphatic heterocycles. The van der Waals surface area contributed by atoms with E-state index in [2.05, 4.69) is 0 Å². The van der Waals surface area contributed by atoms with Gasteiger partial charge in [0.05, 0.1) is 21.6 Å². The minimum absolute atomic E-state index is 0.180. The van der Waals surface area contributed by atoms with Gasteiger partial charge in [0.15, 0.2) is 0 Å². The topological polar surface area (TPSA) is 43.1 Å². The summed E-state index contributed by atoms with van der Waals surface area (Å²) >= 11 is 0. The standard InChI is InChI=1S/C12H14F3NOS/c13-12(14,15)8-3-1-4-9(7-8)18(17)11-6-2-5-10(11)16/h1,3-4,7,10-11H,2,5-6,16H2. The van der Waals surface area contributed by atoms with Gasteiger partial charge in [-0.25, -0.2) is 0 Å². The number of rotatable bonds is 2. The zero-order chi connectivity index (χ0) is 13.3. The first kappa shape index (κ1) is 13.5. The van der Waals surface area contributed by atoms with Gasteiger partial charge in [-0.05, 0) is 31.0 Å². The Kier molecular flexibility index (Phi) is 3.77. The van der Waals surface area contributed by atoms with Gasteiger partial charge in [-0.15, -0.1) is 0 Å². The van der Waals surface area contributed by atoms with E-state index in [4.69, 9.17) is 5.73 Å².